The molecule has 0 aromatic heterocycles. The van der Waals surface area contributed by atoms with Gasteiger partial charge in [0.2, 0.25) is 0 Å². The van der Waals surface area contributed by atoms with E-state index in [0.717, 1.165) is 31.4 Å². The Labute approximate surface area is 135 Å². The fourth-order valence-electron chi connectivity index (χ4n) is 2.06. The summed E-state index contributed by atoms with van der Waals surface area (Å²) in [6.45, 7) is 8.30. The lowest BCUT2D eigenvalue weighted by molar-refractivity contribution is 0.271. The minimum Gasteiger partial charge on any atom is -0.357 e. The summed E-state index contributed by atoms with van der Waals surface area (Å²) < 4.78 is 0. The molecule has 0 bridgehead atoms. The molecule has 4 nitrogen and oxygen atoms in total. The number of rotatable bonds is 7. The fourth-order valence-corrected chi connectivity index (χ4v) is 2.06. The maximum atomic E-state index is 4.74. The highest BCUT2D eigenvalue weighted by Crippen LogP contribution is 2.34. The number of aliphatic imine (C=N–C) groups is 1. The van der Waals surface area contributed by atoms with E-state index in [0.29, 0.717) is 12.1 Å². The van der Waals surface area contributed by atoms with Gasteiger partial charge in [-0.05, 0) is 53.1 Å². The molecule has 19 heavy (non-hydrogen) atoms. The lowest BCUT2D eigenvalue weighted by atomic mass is 10.2. The number of nitrogens with zero attached hydrogens (tertiary/aromatic N) is 2. The molecule has 0 aromatic rings. The third kappa shape index (κ3) is 7.34. The monoisotopic (exact) mass is 382 g/mol. The first-order valence-corrected chi connectivity index (χ1v) is 7.29. The van der Waals surface area contributed by atoms with Gasteiger partial charge >= 0.3 is 0 Å². The van der Waals surface area contributed by atoms with Crippen molar-refractivity contribution >= 4 is 29.9 Å². The lowest BCUT2D eigenvalue weighted by Gasteiger charge is -2.23. The first-order valence-electron chi connectivity index (χ1n) is 7.29. The molecule has 1 aliphatic carbocycles. The van der Waals surface area contributed by atoms with Gasteiger partial charge in [-0.15, -0.1) is 24.0 Å². The van der Waals surface area contributed by atoms with Gasteiger partial charge in [0.1, 0.15) is 0 Å². The number of hydrogen-bond acceptors (Lipinski definition) is 2. The van der Waals surface area contributed by atoms with Gasteiger partial charge in [-0.1, -0.05) is 6.92 Å². The van der Waals surface area contributed by atoms with E-state index >= 15 is 0 Å². The summed E-state index contributed by atoms with van der Waals surface area (Å²) in [5.74, 6) is 1.81. The van der Waals surface area contributed by atoms with Gasteiger partial charge < -0.3 is 15.5 Å². The van der Waals surface area contributed by atoms with E-state index in [9.17, 15) is 0 Å². The van der Waals surface area contributed by atoms with Crippen LogP contribution in [0.4, 0.5) is 0 Å². The lowest BCUT2D eigenvalue weighted by Crippen LogP contribution is -2.43. The predicted molar refractivity (Wildman–Crippen MR) is 94.5 cm³/mol. The summed E-state index contributed by atoms with van der Waals surface area (Å²) in [5, 5.41) is 6.76. The van der Waals surface area contributed by atoms with Gasteiger partial charge in [0.05, 0.1) is 6.54 Å². The number of nitrogens with one attached hydrogen (secondary N) is 2. The van der Waals surface area contributed by atoms with Crippen molar-refractivity contribution in [1.82, 2.24) is 15.5 Å². The van der Waals surface area contributed by atoms with E-state index in [1.165, 1.54) is 12.8 Å². The van der Waals surface area contributed by atoms with Gasteiger partial charge in [-0.2, -0.15) is 0 Å². The molecule has 1 aliphatic rings. The van der Waals surface area contributed by atoms with Gasteiger partial charge in [-0.3, -0.25) is 4.99 Å². The fraction of sp³-hybridized carbons (Fsp3) is 0.929. The minimum absolute atomic E-state index is 0. The topological polar surface area (TPSA) is 39.7 Å². The number of halogens is 1. The zero-order chi connectivity index (χ0) is 13.5. The van der Waals surface area contributed by atoms with E-state index in [1.807, 2.05) is 0 Å². The van der Waals surface area contributed by atoms with Crippen LogP contribution in [0.1, 0.15) is 40.0 Å². The van der Waals surface area contributed by atoms with E-state index in [2.05, 4.69) is 50.4 Å². The van der Waals surface area contributed by atoms with Crippen molar-refractivity contribution in [3.63, 3.8) is 0 Å². The zero-order valence-corrected chi connectivity index (χ0v) is 15.4. The van der Waals surface area contributed by atoms with E-state index < -0.39 is 0 Å². The Balaban J connectivity index is 0.00000324. The number of guanidine groups is 1. The molecule has 0 amide bonds. The third-order valence-corrected chi connectivity index (χ3v) is 3.61. The van der Waals surface area contributed by atoms with Crippen LogP contribution in [-0.4, -0.2) is 50.1 Å². The van der Waals surface area contributed by atoms with Gasteiger partial charge in [0, 0.05) is 18.6 Å². The standard InChI is InChI=1S/C14H30N4.HI/c1-6-11(3)17-14(15-7-2)16-10-13(18(4)5)12-8-9-12;/h11-13H,6-10H2,1-5H3,(H2,15,16,17);1H. The average molecular weight is 382 g/mol. The second kappa shape index (κ2) is 9.80. The van der Waals surface area contributed by atoms with Crippen LogP contribution in [0.15, 0.2) is 4.99 Å². The molecule has 0 heterocycles. The summed E-state index contributed by atoms with van der Waals surface area (Å²) in [6, 6.07) is 1.07. The third-order valence-electron chi connectivity index (χ3n) is 3.61. The molecule has 2 unspecified atom stereocenters. The molecule has 5 heteroatoms. The van der Waals surface area contributed by atoms with Crippen LogP contribution in [-0.2, 0) is 0 Å². The van der Waals surface area contributed by atoms with Crippen LogP contribution < -0.4 is 10.6 Å². The SMILES string of the molecule is CCNC(=NCC(C1CC1)N(C)C)NC(C)CC.I. The molecule has 0 aliphatic heterocycles. The maximum Gasteiger partial charge on any atom is 0.191 e. The smallest absolute Gasteiger partial charge is 0.191 e. The average Bonchev–Trinajstić information content (AvgIpc) is 3.13. The van der Waals surface area contributed by atoms with Crippen molar-refractivity contribution in [3.8, 4) is 0 Å². The summed E-state index contributed by atoms with van der Waals surface area (Å²) in [5.41, 5.74) is 0. The largest absolute Gasteiger partial charge is 0.357 e. The first-order chi connectivity index (χ1) is 8.58. The molecule has 0 aromatic carbocycles. The van der Waals surface area contributed by atoms with Crippen LogP contribution in [0.2, 0.25) is 0 Å². The Morgan fingerprint density at radius 3 is 2.37 bits per heavy atom. The number of hydrogen-bond donors (Lipinski definition) is 2. The summed E-state index contributed by atoms with van der Waals surface area (Å²) in [4.78, 5) is 7.05. The van der Waals surface area contributed by atoms with Crippen LogP contribution in [0.25, 0.3) is 0 Å². The summed E-state index contributed by atoms with van der Waals surface area (Å²) in [6.07, 6.45) is 3.85. The normalized spacial score (nSPS) is 18.7. The molecule has 1 saturated carbocycles. The minimum atomic E-state index is 0. The molecule has 0 radical (unpaired) electrons. The summed E-state index contributed by atoms with van der Waals surface area (Å²) in [7, 11) is 4.32. The van der Waals surface area contributed by atoms with Crippen molar-refractivity contribution < 1.29 is 0 Å². The molecule has 114 valence electrons. The molecular formula is C14H31IN4. The van der Waals surface area contributed by atoms with Gasteiger partial charge in [0.15, 0.2) is 5.96 Å². The second-order valence-corrected chi connectivity index (χ2v) is 5.54. The molecule has 1 fully saturated rings. The Morgan fingerprint density at radius 1 is 1.32 bits per heavy atom. The molecule has 2 N–H and O–H groups in total. The Hall–Kier alpha value is -0.0400. The molecule has 0 saturated heterocycles. The second-order valence-electron chi connectivity index (χ2n) is 5.54. The van der Waals surface area contributed by atoms with Crippen molar-refractivity contribution in [1.29, 1.82) is 0 Å². The highest BCUT2D eigenvalue weighted by atomic mass is 127. The van der Waals surface area contributed by atoms with Crippen molar-refractivity contribution in [3.05, 3.63) is 0 Å². The Morgan fingerprint density at radius 2 is 1.95 bits per heavy atom. The molecule has 1 rings (SSSR count). The van der Waals surface area contributed by atoms with E-state index in [4.69, 9.17) is 4.99 Å². The quantitative estimate of drug-likeness (QED) is 0.403. The molecular weight excluding hydrogens is 351 g/mol. The Kier molecular flexibility index (Phi) is 9.78. The molecule has 2 atom stereocenters. The van der Waals surface area contributed by atoms with E-state index in [1.54, 1.807) is 0 Å². The highest BCUT2D eigenvalue weighted by Gasteiger charge is 2.32. The van der Waals surface area contributed by atoms with Crippen LogP contribution in [0.5, 0.6) is 0 Å². The first kappa shape index (κ1) is 19.0. The van der Waals surface area contributed by atoms with Crippen molar-refractivity contribution in [2.24, 2.45) is 10.9 Å². The maximum absolute atomic E-state index is 4.74. The zero-order valence-electron chi connectivity index (χ0n) is 13.1. The van der Waals surface area contributed by atoms with Gasteiger partial charge in [-0.25, -0.2) is 0 Å². The van der Waals surface area contributed by atoms with E-state index in [-0.39, 0.29) is 24.0 Å². The molecule has 0 spiro atoms. The summed E-state index contributed by atoms with van der Waals surface area (Å²) >= 11 is 0. The van der Waals surface area contributed by atoms with Crippen LogP contribution in [0, 0.1) is 5.92 Å². The van der Waals surface area contributed by atoms with Crippen LogP contribution in [0.3, 0.4) is 0 Å². The van der Waals surface area contributed by atoms with Crippen molar-refractivity contribution in [2.45, 2.75) is 52.1 Å². The number of likely N-dealkylation sites (N-methyl/N-ethyl adjacent to an activating group) is 1. The van der Waals surface area contributed by atoms with Gasteiger partial charge in [0.25, 0.3) is 0 Å². The predicted octanol–water partition coefficient (Wildman–Crippen LogP) is 2.30. The van der Waals surface area contributed by atoms with Crippen LogP contribution >= 0.6 is 24.0 Å². The Bertz CT molecular complexity index is 262. The highest BCUT2D eigenvalue weighted by molar-refractivity contribution is 14.0. The van der Waals surface area contributed by atoms with Crippen molar-refractivity contribution in [2.75, 3.05) is 27.2 Å².